The van der Waals surface area contributed by atoms with E-state index in [1.807, 2.05) is 37.3 Å². The second kappa shape index (κ2) is 10.4. The van der Waals surface area contributed by atoms with Gasteiger partial charge in [0.15, 0.2) is 11.5 Å². The molecule has 0 unspecified atom stereocenters. The molecule has 0 aliphatic heterocycles. The third-order valence-electron chi connectivity index (χ3n) is 4.71. The number of ether oxygens (including phenoxy) is 1. The number of hydrazone groups is 1. The van der Waals surface area contributed by atoms with Crippen LogP contribution in [0.25, 0.3) is 10.9 Å². The van der Waals surface area contributed by atoms with E-state index >= 15 is 0 Å². The number of carbonyl (C=O) groups excluding carboxylic acids is 1. The minimum absolute atomic E-state index is 0.0666. The van der Waals surface area contributed by atoms with Crippen LogP contribution in [0.4, 0.5) is 0 Å². The lowest BCUT2D eigenvalue weighted by atomic mass is 10.0. The van der Waals surface area contributed by atoms with Crippen molar-refractivity contribution in [1.29, 1.82) is 0 Å². The van der Waals surface area contributed by atoms with E-state index in [9.17, 15) is 9.90 Å². The number of aromatic nitrogens is 1. The van der Waals surface area contributed by atoms with E-state index < -0.39 is 0 Å². The number of rotatable bonds is 9. The number of hydrogen-bond acceptors (Lipinski definition) is 5. The van der Waals surface area contributed by atoms with Gasteiger partial charge in [-0.2, -0.15) is 5.10 Å². The summed E-state index contributed by atoms with van der Waals surface area (Å²) in [6.45, 7) is 4.45. The zero-order chi connectivity index (χ0) is 21.3. The number of carbonyl (C=O) groups is 1. The fraction of sp³-hybridized carbons (Fsp3) is 0.292. The maximum absolute atomic E-state index is 12.8. The lowest BCUT2D eigenvalue weighted by molar-refractivity contribution is 0.0956. The minimum atomic E-state index is -0.287. The Morgan fingerprint density at radius 1 is 1.17 bits per heavy atom. The molecule has 0 bridgehead atoms. The summed E-state index contributed by atoms with van der Waals surface area (Å²) in [5.41, 5.74) is 5.58. The Balaban J connectivity index is 1.79. The van der Waals surface area contributed by atoms with Crippen LogP contribution in [0.2, 0.25) is 0 Å². The van der Waals surface area contributed by atoms with E-state index in [2.05, 4.69) is 17.5 Å². The first kappa shape index (κ1) is 21.3. The number of amides is 1. The van der Waals surface area contributed by atoms with E-state index in [0.717, 1.165) is 42.3 Å². The molecule has 30 heavy (non-hydrogen) atoms. The minimum Gasteiger partial charge on any atom is -0.504 e. The van der Waals surface area contributed by atoms with Crippen molar-refractivity contribution in [2.75, 3.05) is 6.61 Å². The van der Waals surface area contributed by atoms with Crippen LogP contribution in [0.1, 0.15) is 54.7 Å². The smallest absolute Gasteiger partial charge is 0.272 e. The summed E-state index contributed by atoms with van der Waals surface area (Å²) >= 11 is 0. The van der Waals surface area contributed by atoms with Crippen LogP contribution in [0, 0.1) is 0 Å². The first-order valence-electron chi connectivity index (χ1n) is 10.3. The van der Waals surface area contributed by atoms with E-state index in [0.29, 0.717) is 23.5 Å². The van der Waals surface area contributed by atoms with E-state index in [1.54, 1.807) is 12.1 Å². The summed E-state index contributed by atoms with van der Waals surface area (Å²) in [5.74, 6) is 0.159. The number of para-hydroxylation sites is 1. The Morgan fingerprint density at radius 3 is 2.80 bits per heavy atom. The van der Waals surface area contributed by atoms with Gasteiger partial charge in [0.25, 0.3) is 5.91 Å². The van der Waals surface area contributed by atoms with Crippen molar-refractivity contribution >= 4 is 23.0 Å². The molecule has 6 nitrogen and oxygen atoms in total. The highest BCUT2D eigenvalue weighted by Crippen LogP contribution is 2.26. The molecule has 156 valence electrons. The number of fused-ring (bicyclic) bond motifs is 1. The zero-order valence-electron chi connectivity index (χ0n) is 17.4. The highest BCUT2D eigenvalue weighted by molar-refractivity contribution is 6.06. The van der Waals surface area contributed by atoms with Crippen LogP contribution in [-0.4, -0.2) is 28.8 Å². The number of hydrogen-bond donors (Lipinski definition) is 2. The molecule has 6 heteroatoms. The monoisotopic (exact) mass is 405 g/mol. The number of benzene rings is 2. The summed E-state index contributed by atoms with van der Waals surface area (Å²) in [6.07, 6.45) is 5.68. The number of phenolic OH excluding ortho intramolecular Hbond substituents is 1. The molecule has 2 aromatic carbocycles. The largest absolute Gasteiger partial charge is 0.504 e. The molecule has 0 saturated heterocycles. The van der Waals surface area contributed by atoms with Crippen LogP contribution in [-0.2, 0) is 6.42 Å². The fourth-order valence-electron chi connectivity index (χ4n) is 3.21. The normalized spacial score (nSPS) is 11.1. The predicted octanol–water partition coefficient (Wildman–Crippen LogP) is 4.84. The second-order valence-electron chi connectivity index (χ2n) is 6.99. The molecule has 0 aliphatic rings. The lowest BCUT2D eigenvalue weighted by Gasteiger charge is -2.09. The maximum Gasteiger partial charge on any atom is 0.272 e. The Kier molecular flexibility index (Phi) is 7.38. The molecule has 0 radical (unpaired) electrons. The molecule has 1 heterocycles. The lowest BCUT2D eigenvalue weighted by Crippen LogP contribution is -2.18. The van der Waals surface area contributed by atoms with Crippen LogP contribution in [0.15, 0.2) is 53.6 Å². The number of unbranched alkanes of at least 4 members (excludes halogenated alkanes) is 2. The Labute approximate surface area is 176 Å². The highest BCUT2D eigenvalue weighted by atomic mass is 16.5. The first-order valence-corrected chi connectivity index (χ1v) is 10.3. The number of phenols is 1. The van der Waals surface area contributed by atoms with Gasteiger partial charge >= 0.3 is 0 Å². The van der Waals surface area contributed by atoms with Crippen LogP contribution < -0.4 is 10.2 Å². The summed E-state index contributed by atoms with van der Waals surface area (Å²) in [5, 5.41) is 14.7. The third kappa shape index (κ3) is 5.35. The fourth-order valence-corrected chi connectivity index (χ4v) is 3.21. The van der Waals surface area contributed by atoms with Gasteiger partial charge in [-0.1, -0.05) is 38.0 Å². The summed E-state index contributed by atoms with van der Waals surface area (Å²) in [4.78, 5) is 17.5. The van der Waals surface area contributed by atoms with Crippen molar-refractivity contribution in [2.24, 2.45) is 5.10 Å². The Bertz CT molecular complexity index is 1050. The van der Waals surface area contributed by atoms with Crippen molar-refractivity contribution in [3.05, 3.63) is 65.4 Å². The average Bonchev–Trinajstić information content (AvgIpc) is 2.75. The number of aromatic hydroxyl groups is 1. The highest BCUT2D eigenvalue weighted by Gasteiger charge is 2.12. The van der Waals surface area contributed by atoms with E-state index in [-0.39, 0.29) is 11.7 Å². The molecular weight excluding hydrogens is 378 g/mol. The van der Waals surface area contributed by atoms with E-state index in [1.165, 1.54) is 12.3 Å². The van der Waals surface area contributed by atoms with Crippen molar-refractivity contribution in [2.45, 2.75) is 39.5 Å². The van der Waals surface area contributed by atoms with Gasteiger partial charge in [-0.05, 0) is 55.7 Å². The van der Waals surface area contributed by atoms with Crippen LogP contribution >= 0.6 is 0 Å². The molecule has 1 aromatic heterocycles. The van der Waals surface area contributed by atoms with Gasteiger partial charge in [0.1, 0.15) is 0 Å². The predicted molar refractivity (Wildman–Crippen MR) is 119 cm³/mol. The molecule has 0 fully saturated rings. The van der Waals surface area contributed by atoms with E-state index in [4.69, 9.17) is 9.72 Å². The molecule has 3 rings (SSSR count). The van der Waals surface area contributed by atoms with Gasteiger partial charge < -0.3 is 9.84 Å². The molecule has 0 aliphatic carbocycles. The van der Waals surface area contributed by atoms with Crippen molar-refractivity contribution in [3.8, 4) is 11.5 Å². The summed E-state index contributed by atoms with van der Waals surface area (Å²) in [6, 6.07) is 14.4. The molecule has 0 spiro atoms. The van der Waals surface area contributed by atoms with Gasteiger partial charge in [0, 0.05) is 11.1 Å². The van der Waals surface area contributed by atoms with Crippen LogP contribution in [0.5, 0.6) is 11.5 Å². The van der Waals surface area contributed by atoms with Gasteiger partial charge in [-0.25, -0.2) is 5.43 Å². The zero-order valence-corrected chi connectivity index (χ0v) is 17.4. The summed E-state index contributed by atoms with van der Waals surface area (Å²) in [7, 11) is 0. The topological polar surface area (TPSA) is 83.8 Å². The number of nitrogens with zero attached hydrogens (tertiary/aromatic N) is 2. The SMILES string of the molecule is CCCCCc1cc(C(=O)N/N=C/c2ccc(O)c(OCC)c2)c2ccccc2n1. The Hall–Kier alpha value is -3.41. The molecule has 1 amide bonds. The standard InChI is InChI=1S/C24H27N3O3/c1-3-5-6-9-18-15-20(19-10-7-8-11-21(19)26-18)24(29)27-25-16-17-12-13-22(28)23(14-17)30-4-2/h7-8,10-16,28H,3-6,9H2,1-2H3,(H,27,29)/b25-16+. The van der Waals surface area contributed by atoms with Gasteiger partial charge in [0.2, 0.25) is 0 Å². The summed E-state index contributed by atoms with van der Waals surface area (Å²) < 4.78 is 5.37. The molecule has 0 saturated carbocycles. The molecular formula is C24H27N3O3. The van der Waals surface area contributed by atoms with Crippen molar-refractivity contribution in [1.82, 2.24) is 10.4 Å². The maximum atomic E-state index is 12.8. The molecule has 2 N–H and O–H groups in total. The van der Waals surface area contributed by atoms with Gasteiger partial charge in [-0.3, -0.25) is 9.78 Å². The van der Waals surface area contributed by atoms with Crippen LogP contribution in [0.3, 0.4) is 0 Å². The third-order valence-corrected chi connectivity index (χ3v) is 4.71. The quantitative estimate of drug-likeness (QED) is 0.303. The van der Waals surface area contributed by atoms with Crippen molar-refractivity contribution < 1.29 is 14.6 Å². The first-order chi connectivity index (χ1) is 14.6. The number of aryl methyl sites for hydroxylation is 1. The molecule has 3 aromatic rings. The average molecular weight is 405 g/mol. The molecule has 0 atom stereocenters. The number of pyridine rings is 1. The van der Waals surface area contributed by atoms with Gasteiger partial charge in [0.05, 0.1) is 23.9 Å². The van der Waals surface area contributed by atoms with Gasteiger partial charge in [-0.15, -0.1) is 0 Å². The second-order valence-corrected chi connectivity index (χ2v) is 6.99. The number of nitrogens with one attached hydrogen (secondary N) is 1. The Morgan fingerprint density at radius 2 is 2.00 bits per heavy atom. The van der Waals surface area contributed by atoms with Crippen molar-refractivity contribution in [3.63, 3.8) is 0 Å².